The molecule has 0 radical (unpaired) electrons. The number of hydrogen-bond donors (Lipinski definition) is 2. The van der Waals surface area contributed by atoms with Gasteiger partial charge in [-0.2, -0.15) is 0 Å². The normalized spacial score (nSPS) is 14.8. The minimum Gasteiger partial charge on any atom is -0.497 e. The van der Waals surface area contributed by atoms with Crippen LogP contribution in [0, 0.1) is 0 Å². The van der Waals surface area contributed by atoms with Gasteiger partial charge < -0.3 is 10.1 Å². The summed E-state index contributed by atoms with van der Waals surface area (Å²) in [7, 11) is 1.63. The van der Waals surface area contributed by atoms with Crippen molar-refractivity contribution < 1.29 is 9.53 Å². The number of aromatic nitrogens is 3. The van der Waals surface area contributed by atoms with E-state index in [2.05, 4.69) is 20.5 Å². The molecule has 23 heavy (non-hydrogen) atoms. The SMILES string of the molecule is COc1ccc(-c2nc(SCC(=O)NC3CCCC3)n[nH]2)cc1. The van der Waals surface area contributed by atoms with Gasteiger partial charge in [-0.1, -0.05) is 24.6 Å². The van der Waals surface area contributed by atoms with Crippen LogP contribution in [0.3, 0.4) is 0 Å². The molecular formula is C16H20N4O2S. The number of carbonyl (C=O) groups is 1. The molecule has 1 amide bonds. The molecule has 0 atom stereocenters. The van der Waals surface area contributed by atoms with Crippen LogP contribution in [0.25, 0.3) is 11.4 Å². The van der Waals surface area contributed by atoms with Gasteiger partial charge in [-0.25, -0.2) is 4.98 Å². The number of ether oxygens (including phenoxy) is 1. The first-order valence-corrected chi connectivity index (χ1v) is 8.72. The van der Waals surface area contributed by atoms with Crippen LogP contribution >= 0.6 is 11.8 Å². The molecule has 0 spiro atoms. The minimum atomic E-state index is 0.0534. The van der Waals surface area contributed by atoms with E-state index in [1.165, 1.54) is 24.6 Å². The molecule has 1 aromatic carbocycles. The zero-order chi connectivity index (χ0) is 16.1. The Labute approximate surface area is 139 Å². The molecule has 1 heterocycles. The number of hydrogen-bond acceptors (Lipinski definition) is 5. The summed E-state index contributed by atoms with van der Waals surface area (Å²) in [6.45, 7) is 0. The highest BCUT2D eigenvalue weighted by molar-refractivity contribution is 7.99. The second-order valence-corrected chi connectivity index (χ2v) is 6.48. The fourth-order valence-corrected chi connectivity index (χ4v) is 3.27. The van der Waals surface area contributed by atoms with Gasteiger partial charge in [-0.15, -0.1) is 5.10 Å². The summed E-state index contributed by atoms with van der Waals surface area (Å²) >= 11 is 1.34. The van der Waals surface area contributed by atoms with Crippen molar-refractivity contribution in [2.75, 3.05) is 12.9 Å². The van der Waals surface area contributed by atoms with Crippen molar-refractivity contribution in [3.8, 4) is 17.1 Å². The first kappa shape index (κ1) is 15.9. The van der Waals surface area contributed by atoms with Crippen molar-refractivity contribution in [1.82, 2.24) is 20.5 Å². The Balaban J connectivity index is 1.53. The Hall–Kier alpha value is -2.02. The minimum absolute atomic E-state index is 0.0534. The van der Waals surface area contributed by atoms with Crippen LogP contribution in [0.5, 0.6) is 5.75 Å². The molecule has 3 rings (SSSR count). The molecular weight excluding hydrogens is 312 g/mol. The Bertz CT molecular complexity index is 650. The number of carbonyl (C=O) groups excluding carboxylic acids is 1. The van der Waals surface area contributed by atoms with E-state index in [0.717, 1.165) is 24.2 Å². The van der Waals surface area contributed by atoms with Crippen LogP contribution in [0.4, 0.5) is 0 Å². The predicted molar refractivity (Wildman–Crippen MR) is 89.5 cm³/mol. The number of thioether (sulfide) groups is 1. The van der Waals surface area contributed by atoms with Gasteiger partial charge in [-0.05, 0) is 37.1 Å². The number of aromatic amines is 1. The molecule has 0 aliphatic heterocycles. The summed E-state index contributed by atoms with van der Waals surface area (Å²) in [4.78, 5) is 16.3. The molecule has 0 bridgehead atoms. The highest BCUT2D eigenvalue weighted by Gasteiger charge is 2.17. The number of nitrogens with one attached hydrogen (secondary N) is 2. The Kier molecular flexibility index (Phi) is 5.17. The summed E-state index contributed by atoms with van der Waals surface area (Å²) in [5.41, 5.74) is 0.931. The average Bonchev–Trinajstić information content (AvgIpc) is 3.25. The van der Waals surface area contributed by atoms with E-state index in [0.29, 0.717) is 22.8 Å². The van der Waals surface area contributed by atoms with Gasteiger partial charge in [0.2, 0.25) is 11.1 Å². The van der Waals surface area contributed by atoms with Crippen LogP contribution in [0.2, 0.25) is 0 Å². The second-order valence-electron chi connectivity index (χ2n) is 5.53. The van der Waals surface area contributed by atoms with Crippen molar-refractivity contribution >= 4 is 17.7 Å². The van der Waals surface area contributed by atoms with Gasteiger partial charge in [0.1, 0.15) is 5.75 Å². The van der Waals surface area contributed by atoms with Crippen molar-refractivity contribution in [1.29, 1.82) is 0 Å². The number of methoxy groups -OCH3 is 1. The molecule has 2 N–H and O–H groups in total. The standard InChI is InChI=1S/C16H20N4O2S/c1-22-13-8-6-11(7-9-13)15-18-16(20-19-15)23-10-14(21)17-12-4-2-3-5-12/h6-9,12H,2-5,10H2,1H3,(H,17,21)(H,18,19,20). The van der Waals surface area contributed by atoms with Gasteiger partial charge in [0, 0.05) is 11.6 Å². The number of H-pyrrole nitrogens is 1. The van der Waals surface area contributed by atoms with E-state index in [1.54, 1.807) is 7.11 Å². The Morgan fingerprint density at radius 2 is 2.09 bits per heavy atom. The summed E-state index contributed by atoms with van der Waals surface area (Å²) in [6, 6.07) is 7.94. The lowest BCUT2D eigenvalue weighted by atomic mass is 10.2. The van der Waals surface area contributed by atoms with E-state index in [1.807, 2.05) is 24.3 Å². The highest BCUT2D eigenvalue weighted by atomic mass is 32.2. The third-order valence-corrected chi connectivity index (χ3v) is 4.73. The van der Waals surface area contributed by atoms with Crippen molar-refractivity contribution in [2.45, 2.75) is 36.9 Å². The lowest BCUT2D eigenvalue weighted by Crippen LogP contribution is -2.33. The zero-order valence-electron chi connectivity index (χ0n) is 13.0. The zero-order valence-corrected chi connectivity index (χ0v) is 13.9. The number of benzene rings is 1. The molecule has 1 fully saturated rings. The van der Waals surface area contributed by atoms with Crippen molar-refractivity contribution in [3.63, 3.8) is 0 Å². The summed E-state index contributed by atoms with van der Waals surface area (Å²) in [6.07, 6.45) is 4.62. The van der Waals surface area contributed by atoms with Crippen LogP contribution in [-0.4, -0.2) is 40.0 Å². The summed E-state index contributed by atoms with van der Waals surface area (Å²) < 4.78 is 5.13. The fourth-order valence-electron chi connectivity index (χ4n) is 2.66. The largest absolute Gasteiger partial charge is 0.497 e. The van der Waals surface area contributed by atoms with Crippen LogP contribution < -0.4 is 10.1 Å². The molecule has 2 aromatic rings. The van der Waals surface area contributed by atoms with Gasteiger partial charge in [0.15, 0.2) is 5.82 Å². The monoisotopic (exact) mass is 332 g/mol. The number of rotatable bonds is 6. The molecule has 0 saturated heterocycles. The third kappa shape index (κ3) is 4.25. The topological polar surface area (TPSA) is 79.9 Å². The maximum Gasteiger partial charge on any atom is 0.230 e. The van der Waals surface area contributed by atoms with Crippen LogP contribution in [0.15, 0.2) is 29.4 Å². The maximum absolute atomic E-state index is 11.9. The van der Waals surface area contributed by atoms with Crippen molar-refractivity contribution in [3.05, 3.63) is 24.3 Å². The van der Waals surface area contributed by atoms with E-state index in [-0.39, 0.29) is 5.91 Å². The second kappa shape index (κ2) is 7.50. The molecule has 0 unspecified atom stereocenters. The van der Waals surface area contributed by atoms with Gasteiger partial charge in [-0.3, -0.25) is 9.89 Å². The van der Waals surface area contributed by atoms with Gasteiger partial charge in [0.05, 0.1) is 12.9 Å². The predicted octanol–water partition coefficient (Wildman–Crippen LogP) is 2.63. The smallest absolute Gasteiger partial charge is 0.230 e. The van der Waals surface area contributed by atoms with E-state index < -0.39 is 0 Å². The molecule has 122 valence electrons. The van der Waals surface area contributed by atoms with Crippen molar-refractivity contribution in [2.24, 2.45) is 0 Å². The van der Waals surface area contributed by atoms with E-state index in [9.17, 15) is 4.79 Å². The summed E-state index contributed by atoms with van der Waals surface area (Å²) in [5.74, 6) is 1.88. The quantitative estimate of drug-likeness (QED) is 0.795. The van der Waals surface area contributed by atoms with Gasteiger partial charge >= 0.3 is 0 Å². The van der Waals surface area contributed by atoms with Gasteiger partial charge in [0.25, 0.3) is 0 Å². The van der Waals surface area contributed by atoms with Crippen LogP contribution in [0.1, 0.15) is 25.7 Å². The number of amides is 1. The molecule has 6 nitrogen and oxygen atoms in total. The fraction of sp³-hybridized carbons (Fsp3) is 0.438. The summed E-state index contributed by atoms with van der Waals surface area (Å²) in [5, 5.41) is 10.7. The number of nitrogens with zero attached hydrogens (tertiary/aromatic N) is 2. The molecule has 1 aliphatic carbocycles. The Morgan fingerprint density at radius 1 is 1.35 bits per heavy atom. The lowest BCUT2D eigenvalue weighted by molar-refractivity contribution is -0.119. The van der Waals surface area contributed by atoms with Crippen LogP contribution in [-0.2, 0) is 4.79 Å². The van der Waals surface area contributed by atoms with E-state index in [4.69, 9.17) is 4.74 Å². The molecule has 1 saturated carbocycles. The average molecular weight is 332 g/mol. The molecule has 7 heteroatoms. The first-order valence-electron chi connectivity index (χ1n) is 7.73. The lowest BCUT2D eigenvalue weighted by Gasteiger charge is -2.10. The van der Waals surface area contributed by atoms with E-state index >= 15 is 0 Å². The first-order chi connectivity index (χ1) is 11.2. The molecule has 1 aliphatic rings. The molecule has 1 aromatic heterocycles. The maximum atomic E-state index is 11.9. The highest BCUT2D eigenvalue weighted by Crippen LogP contribution is 2.22. The third-order valence-electron chi connectivity index (χ3n) is 3.88. The Morgan fingerprint density at radius 3 is 2.78 bits per heavy atom.